The molecule has 1 N–H and O–H groups in total. The van der Waals surface area contributed by atoms with Crippen molar-refractivity contribution >= 4 is 5.97 Å². The largest absolute Gasteiger partial charge is 0.465 e. The second kappa shape index (κ2) is 7.25. The molecule has 3 unspecified atom stereocenters. The molecule has 1 aliphatic heterocycles. The fourth-order valence-electron chi connectivity index (χ4n) is 3.62. The van der Waals surface area contributed by atoms with Crippen LogP contribution in [0.1, 0.15) is 39.5 Å². The molecule has 0 aromatic rings. The Hall–Kier alpha value is -0.610. The second-order valence-electron chi connectivity index (χ2n) is 5.86. The summed E-state index contributed by atoms with van der Waals surface area (Å²) in [5.74, 6) is 1.77. The minimum atomic E-state index is -0.134. The molecular formula is C15H28N2O2. The van der Waals surface area contributed by atoms with Crippen molar-refractivity contribution in [2.75, 3.05) is 32.8 Å². The van der Waals surface area contributed by atoms with Crippen LogP contribution >= 0.6 is 0 Å². The average Bonchev–Trinajstić information content (AvgIpc) is 2.95. The Bertz CT molecular complexity index is 284. The van der Waals surface area contributed by atoms with Crippen LogP contribution in [0.25, 0.3) is 0 Å². The van der Waals surface area contributed by atoms with Gasteiger partial charge in [-0.2, -0.15) is 0 Å². The predicted molar refractivity (Wildman–Crippen MR) is 76.0 cm³/mol. The molecular weight excluding hydrogens is 240 g/mol. The molecule has 2 aliphatic rings. The van der Waals surface area contributed by atoms with Crippen molar-refractivity contribution < 1.29 is 9.53 Å². The van der Waals surface area contributed by atoms with E-state index in [1.807, 2.05) is 13.8 Å². The minimum absolute atomic E-state index is 0.0938. The Morgan fingerprint density at radius 2 is 2.00 bits per heavy atom. The van der Waals surface area contributed by atoms with Crippen molar-refractivity contribution in [3.8, 4) is 0 Å². The first-order chi connectivity index (χ1) is 9.24. The fraction of sp³-hybridized carbons (Fsp3) is 0.933. The van der Waals surface area contributed by atoms with Gasteiger partial charge >= 0.3 is 5.97 Å². The molecule has 19 heavy (non-hydrogen) atoms. The zero-order chi connectivity index (χ0) is 13.7. The van der Waals surface area contributed by atoms with E-state index in [0.29, 0.717) is 6.61 Å². The summed E-state index contributed by atoms with van der Waals surface area (Å²) in [7, 11) is 0. The molecule has 0 aromatic carbocycles. The number of nitrogens with zero attached hydrogens (tertiary/aromatic N) is 1. The third kappa shape index (κ3) is 3.93. The quantitative estimate of drug-likeness (QED) is 0.713. The van der Waals surface area contributed by atoms with Crippen molar-refractivity contribution in [2.24, 2.45) is 11.8 Å². The number of fused-ring (bicyclic) bond motifs is 1. The molecule has 0 amide bonds. The molecule has 1 saturated carbocycles. The molecule has 2 rings (SSSR count). The van der Waals surface area contributed by atoms with Gasteiger partial charge in [0.2, 0.25) is 0 Å². The highest BCUT2D eigenvalue weighted by atomic mass is 16.5. The summed E-state index contributed by atoms with van der Waals surface area (Å²) in [4.78, 5) is 14.4. The molecule has 2 fully saturated rings. The summed E-state index contributed by atoms with van der Waals surface area (Å²) in [5.41, 5.74) is 0. The summed E-state index contributed by atoms with van der Waals surface area (Å²) in [5, 5.41) is 3.24. The lowest BCUT2D eigenvalue weighted by Crippen LogP contribution is -2.40. The summed E-state index contributed by atoms with van der Waals surface area (Å²) in [6.07, 6.45) is 5.11. The number of nitrogens with one attached hydrogen (secondary N) is 1. The van der Waals surface area contributed by atoms with E-state index in [0.717, 1.165) is 31.3 Å². The summed E-state index contributed by atoms with van der Waals surface area (Å²) in [6.45, 7) is 8.68. The Kier molecular flexibility index (Phi) is 5.64. The zero-order valence-electron chi connectivity index (χ0n) is 12.4. The van der Waals surface area contributed by atoms with Gasteiger partial charge in [0.25, 0.3) is 0 Å². The molecule has 0 bridgehead atoms. The van der Waals surface area contributed by atoms with Crippen LogP contribution in [0.2, 0.25) is 0 Å². The highest BCUT2D eigenvalue weighted by Gasteiger charge is 2.36. The van der Waals surface area contributed by atoms with E-state index >= 15 is 0 Å². The number of rotatable bonds is 7. The third-order valence-corrected chi connectivity index (χ3v) is 4.56. The SMILES string of the molecule is CCNC(CCN1CC2CCCC2C1)C(=O)OCC. The Morgan fingerprint density at radius 1 is 1.32 bits per heavy atom. The average molecular weight is 268 g/mol. The highest BCUT2D eigenvalue weighted by molar-refractivity contribution is 5.75. The van der Waals surface area contributed by atoms with Crippen molar-refractivity contribution in [3.63, 3.8) is 0 Å². The Balaban J connectivity index is 1.74. The first-order valence-corrected chi connectivity index (χ1v) is 7.87. The topological polar surface area (TPSA) is 41.6 Å². The summed E-state index contributed by atoms with van der Waals surface area (Å²) >= 11 is 0. The van der Waals surface area contributed by atoms with E-state index in [1.54, 1.807) is 0 Å². The van der Waals surface area contributed by atoms with Gasteiger partial charge in [-0.05, 0) is 44.6 Å². The molecule has 110 valence electrons. The number of carbonyl (C=O) groups is 1. The van der Waals surface area contributed by atoms with Crippen LogP contribution < -0.4 is 5.32 Å². The second-order valence-corrected chi connectivity index (χ2v) is 5.86. The Morgan fingerprint density at radius 3 is 2.58 bits per heavy atom. The van der Waals surface area contributed by atoms with Crippen LogP contribution in [0.3, 0.4) is 0 Å². The first kappa shape index (κ1) is 14.8. The first-order valence-electron chi connectivity index (χ1n) is 7.87. The number of likely N-dealkylation sites (tertiary alicyclic amines) is 1. The predicted octanol–water partition coefficient (Wildman–Crippen LogP) is 1.65. The van der Waals surface area contributed by atoms with Gasteiger partial charge in [-0.3, -0.25) is 4.79 Å². The van der Waals surface area contributed by atoms with Gasteiger partial charge in [-0.1, -0.05) is 13.3 Å². The molecule has 0 radical (unpaired) electrons. The van der Waals surface area contributed by atoms with Gasteiger partial charge in [-0.25, -0.2) is 0 Å². The lowest BCUT2D eigenvalue weighted by Gasteiger charge is -2.21. The van der Waals surface area contributed by atoms with Crippen molar-refractivity contribution in [1.82, 2.24) is 10.2 Å². The third-order valence-electron chi connectivity index (χ3n) is 4.56. The molecule has 0 spiro atoms. The maximum atomic E-state index is 11.8. The van der Waals surface area contributed by atoms with Gasteiger partial charge in [0.1, 0.15) is 6.04 Å². The number of esters is 1. The maximum absolute atomic E-state index is 11.8. The van der Waals surface area contributed by atoms with E-state index in [1.165, 1.54) is 32.4 Å². The van der Waals surface area contributed by atoms with Crippen molar-refractivity contribution in [3.05, 3.63) is 0 Å². The number of hydrogen-bond donors (Lipinski definition) is 1. The van der Waals surface area contributed by atoms with E-state index in [-0.39, 0.29) is 12.0 Å². The standard InChI is InChI=1S/C15H28N2O2/c1-3-16-14(15(18)19-4-2)8-9-17-10-12-6-5-7-13(12)11-17/h12-14,16H,3-11H2,1-2H3. The van der Waals surface area contributed by atoms with Crippen LogP contribution in [-0.2, 0) is 9.53 Å². The smallest absolute Gasteiger partial charge is 0.323 e. The van der Waals surface area contributed by atoms with Crippen LogP contribution in [-0.4, -0.2) is 49.7 Å². The van der Waals surface area contributed by atoms with Crippen LogP contribution in [0.4, 0.5) is 0 Å². The van der Waals surface area contributed by atoms with Crippen LogP contribution in [0.5, 0.6) is 0 Å². The van der Waals surface area contributed by atoms with Gasteiger partial charge in [0, 0.05) is 19.6 Å². The molecule has 1 aliphatic carbocycles. The summed E-state index contributed by atoms with van der Waals surface area (Å²) in [6, 6.07) is -0.134. The number of hydrogen-bond acceptors (Lipinski definition) is 4. The van der Waals surface area contributed by atoms with Crippen LogP contribution in [0.15, 0.2) is 0 Å². The number of ether oxygens (including phenoxy) is 1. The lowest BCUT2D eigenvalue weighted by atomic mass is 10.0. The molecule has 3 atom stereocenters. The van der Waals surface area contributed by atoms with Gasteiger partial charge in [-0.15, -0.1) is 0 Å². The summed E-state index contributed by atoms with van der Waals surface area (Å²) < 4.78 is 5.13. The van der Waals surface area contributed by atoms with Gasteiger partial charge in [0.15, 0.2) is 0 Å². The van der Waals surface area contributed by atoms with E-state index in [2.05, 4.69) is 10.2 Å². The maximum Gasteiger partial charge on any atom is 0.323 e. The molecule has 0 aromatic heterocycles. The van der Waals surface area contributed by atoms with E-state index < -0.39 is 0 Å². The van der Waals surface area contributed by atoms with Gasteiger partial charge < -0.3 is 15.0 Å². The zero-order valence-corrected chi connectivity index (χ0v) is 12.4. The molecule has 1 heterocycles. The monoisotopic (exact) mass is 268 g/mol. The number of likely N-dealkylation sites (N-methyl/N-ethyl adjacent to an activating group) is 1. The fourth-order valence-corrected chi connectivity index (χ4v) is 3.62. The van der Waals surface area contributed by atoms with Gasteiger partial charge in [0.05, 0.1) is 6.61 Å². The normalized spacial score (nSPS) is 28.3. The highest BCUT2D eigenvalue weighted by Crippen LogP contribution is 2.37. The number of carbonyl (C=O) groups excluding carboxylic acids is 1. The molecule has 4 heteroatoms. The van der Waals surface area contributed by atoms with Crippen molar-refractivity contribution in [2.45, 2.75) is 45.6 Å². The molecule has 4 nitrogen and oxygen atoms in total. The van der Waals surface area contributed by atoms with E-state index in [9.17, 15) is 4.79 Å². The Labute approximate surface area is 116 Å². The van der Waals surface area contributed by atoms with Crippen LogP contribution in [0, 0.1) is 11.8 Å². The molecule has 1 saturated heterocycles. The minimum Gasteiger partial charge on any atom is -0.465 e. The lowest BCUT2D eigenvalue weighted by molar-refractivity contribution is -0.145. The van der Waals surface area contributed by atoms with Crippen molar-refractivity contribution in [1.29, 1.82) is 0 Å². The van der Waals surface area contributed by atoms with E-state index in [4.69, 9.17) is 4.74 Å².